The maximum atomic E-state index is 11.8. The lowest BCUT2D eigenvalue weighted by Gasteiger charge is -2.07. The first-order chi connectivity index (χ1) is 10.5. The van der Waals surface area contributed by atoms with Crippen LogP contribution in [0.2, 0.25) is 0 Å². The van der Waals surface area contributed by atoms with E-state index in [1.165, 1.54) is 35.0 Å². The largest absolute Gasteiger partial charge is 0.328 e. The molecule has 0 unspecified atom stereocenters. The normalized spacial score (nSPS) is 10.2. The summed E-state index contributed by atoms with van der Waals surface area (Å²) < 4.78 is 1.17. The topological polar surface area (TPSA) is 127 Å². The van der Waals surface area contributed by atoms with Crippen molar-refractivity contribution in [2.75, 3.05) is 5.32 Å². The lowest BCUT2D eigenvalue weighted by molar-refractivity contribution is -0.383. The van der Waals surface area contributed by atoms with Gasteiger partial charge in [0.25, 0.3) is 11.2 Å². The van der Waals surface area contributed by atoms with Crippen molar-refractivity contribution in [2.24, 2.45) is 0 Å². The third-order valence-corrected chi connectivity index (χ3v) is 2.85. The molecule has 0 aliphatic heterocycles. The highest BCUT2D eigenvalue weighted by Gasteiger charge is 2.14. The summed E-state index contributed by atoms with van der Waals surface area (Å²) in [5.41, 5.74) is -1.26. The molecule has 1 aromatic heterocycles. The Morgan fingerprint density at radius 3 is 2.68 bits per heavy atom. The summed E-state index contributed by atoms with van der Waals surface area (Å²) in [6.45, 7) is 0.0437. The molecule has 2 aromatic rings. The molecular formula is C13H12N4O5. The molecule has 0 aliphatic carbocycles. The van der Waals surface area contributed by atoms with Crippen LogP contribution in [0.3, 0.4) is 0 Å². The van der Waals surface area contributed by atoms with E-state index < -0.39 is 22.1 Å². The predicted molar refractivity (Wildman–Crippen MR) is 77.7 cm³/mol. The Hall–Kier alpha value is -3.23. The number of aromatic nitrogens is 2. The van der Waals surface area contributed by atoms with Crippen LogP contribution in [0.1, 0.15) is 6.42 Å². The number of hydrogen-bond acceptors (Lipinski definition) is 5. The number of hydrogen-bond donors (Lipinski definition) is 2. The molecular weight excluding hydrogens is 292 g/mol. The molecule has 0 atom stereocenters. The number of benzene rings is 1. The van der Waals surface area contributed by atoms with E-state index in [9.17, 15) is 24.5 Å². The van der Waals surface area contributed by atoms with E-state index in [1.807, 2.05) is 0 Å². The number of H-pyrrole nitrogens is 1. The van der Waals surface area contributed by atoms with Gasteiger partial charge in [-0.3, -0.25) is 24.7 Å². The standard InChI is InChI=1S/C13H12N4O5/c18-11(5-7-16-8-6-12(19)15-13(16)20)14-9-3-1-2-4-10(9)17(21)22/h1-4,6,8H,5,7H2,(H,14,18)(H,15,19,20). The number of aryl methyl sites for hydroxylation is 1. The number of carbonyl (C=O) groups excluding carboxylic acids is 1. The number of para-hydroxylation sites is 2. The summed E-state index contributed by atoms with van der Waals surface area (Å²) in [7, 11) is 0. The minimum Gasteiger partial charge on any atom is -0.320 e. The lowest BCUT2D eigenvalue weighted by Crippen LogP contribution is -2.29. The molecule has 0 bridgehead atoms. The summed E-state index contributed by atoms with van der Waals surface area (Å²) >= 11 is 0. The van der Waals surface area contributed by atoms with Crippen molar-refractivity contribution in [1.82, 2.24) is 9.55 Å². The fourth-order valence-electron chi connectivity index (χ4n) is 1.79. The van der Waals surface area contributed by atoms with Crippen LogP contribution < -0.4 is 16.6 Å². The number of amides is 1. The molecule has 0 fully saturated rings. The highest BCUT2D eigenvalue weighted by Crippen LogP contribution is 2.23. The summed E-state index contributed by atoms with van der Waals surface area (Å²) in [5.74, 6) is -0.479. The van der Waals surface area contributed by atoms with Gasteiger partial charge in [0.2, 0.25) is 5.91 Å². The Labute approximate surface area is 123 Å². The number of nitrogens with one attached hydrogen (secondary N) is 2. The molecule has 0 radical (unpaired) electrons. The van der Waals surface area contributed by atoms with Crippen molar-refractivity contribution in [3.8, 4) is 0 Å². The van der Waals surface area contributed by atoms with Crippen LogP contribution in [0.4, 0.5) is 11.4 Å². The van der Waals surface area contributed by atoms with Gasteiger partial charge in [-0.05, 0) is 6.07 Å². The maximum Gasteiger partial charge on any atom is 0.328 e. The SMILES string of the molecule is O=C(CCn1ccc(=O)[nH]c1=O)Nc1ccccc1[N+](=O)[O-]. The molecule has 22 heavy (non-hydrogen) atoms. The van der Waals surface area contributed by atoms with Crippen molar-refractivity contribution >= 4 is 17.3 Å². The van der Waals surface area contributed by atoms with Gasteiger partial charge in [-0.2, -0.15) is 0 Å². The van der Waals surface area contributed by atoms with E-state index in [-0.39, 0.29) is 24.3 Å². The van der Waals surface area contributed by atoms with Crippen molar-refractivity contribution in [3.63, 3.8) is 0 Å². The molecule has 0 saturated carbocycles. The molecule has 1 amide bonds. The highest BCUT2D eigenvalue weighted by molar-refractivity contribution is 5.92. The number of carbonyl (C=O) groups is 1. The number of nitro groups is 1. The molecule has 2 rings (SSSR count). The Morgan fingerprint density at radius 1 is 1.27 bits per heavy atom. The molecule has 9 nitrogen and oxygen atoms in total. The van der Waals surface area contributed by atoms with Gasteiger partial charge in [0, 0.05) is 31.3 Å². The van der Waals surface area contributed by atoms with Gasteiger partial charge in [-0.15, -0.1) is 0 Å². The van der Waals surface area contributed by atoms with Gasteiger partial charge in [-0.25, -0.2) is 4.79 Å². The molecule has 1 aromatic carbocycles. The molecule has 0 saturated heterocycles. The number of aromatic amines is 1. The zero-order valence-corrected chi connectivity index (χ0v) is 11.3. The Balaban J connectivity index is 2.03. The molecule has 0 aliphatic rings. The molecule has 2 N–H and O–H groups in total. The Kier molecular flexibility index (Phi) is 4.47. The van der Waals surface area contributed by atoms with Crippen LogP contribution in [0, 0.1) is 10.1 Å². The van der Waals surface area contributed by atoms with Gasteiger partial charge in [0.15, 0.2) is 0 Å². The quantitative estimate of drug-likeness (QED) is 0.613. The summed E-state index contributed by atoms with van der Waals surface area (Å²) in [6, 6.07) is 6.92. The molecule has 9 heteroatoms. The third-order valence-electron chi connectivity index (χ3n) is 2.85. The number of nitrogens with zero attached hydrogens (tertiary/aromatic N) is 2. The average Bonchev–Trinajstić information content (AvgIpc) is 2.46. The van der Waals surface area contributed by atoms with Crippen molar-refractivity contribution in [2.45, 2.75) is 13.0 Å². The van der Waals surface area contributed by atoms with Crippen LogP contribution in [0.5, 0.6) is 0 Å². The molecule has 1 heterocycles. The number of rotatable bonds is 5. The van der Waals surface area contributed by atoms with E-state index in [1.54, 1.807) is 6.07 Å². The zero-order valence-electron chi connectivity index (χ0n) is 11.3. The van der Waals surface area contributed by atoms with E-state index >= 15 is 0 Å². The van der Waals surface area contributed by atoms with Crippen LogP contribution in [0.15, 0.2) is 46.1 Å². The van der Waals surface area contributed by atoms with Gasteiger partial charge in [-0.1, -0.05) is 12.1 Å². The molecule has 0 spiro atoms. The van der Waals surface area contributed by atoms with E-state index in [2.05, 4.69) is 10.3 Å². The van der Waals surface area contributed by atoms with Gasteiger partial charge in [0.1, 0.15) is 5.69 Å². The first kappa shape index (κ1) is 15.2. The molecule has 114 valence electrons. The second-order valence-electron chi connectivity index (χ2n) is 4.38. The van der Waals surface area contributed by atoms with Gasteiger partial charge in [0.05, 0.1) is 4.92 Å². The fourth-order valence-corrected chi connectivity index (χ4v) is 1.79. The number of anilines is 1. The second-order valence-corrected chi connectivity index (χ2v) is 4.38. The summed E-state index contributed by atoms with van der Waals surface area (Å²) in [6.07, 6.45) is 1.21. The van der Waals surface area contributed by atoms with Crippen LogP contribution >= 0.6 is 0 Å². The second kappa shape index (κ2) is 6.48. The summed E-state index contributed by atoms with van der Waals surface area (Å²) in [4.78, 5) is 46.5. The summed E-state index contributed by atoms with van der Waals surface area (Å²) in [5, 5.41) is 13.3. The predicted octanol–water partition coefficient (Wildman–Crippen LogP) is 0.474. The maximum absolute atomic E-state index is 11.8. The minimum absolute atomic E-state index is 0.0437. The monoisotopic (exact) mass is 304 g/mol. The van der Waals surface area contributed by atoms with E-state index in [0.717, 1.165) is 0 Å². The van der Waals surface area contributed by atoms with E-state index in [4.69, 9.17) is 0 Å². The first-order valence-electron chi connectivity index (χ1n) is 6.30. The van der Waals surface area contributed by atoms with Gasteiger partial charge < -0.3 is 9.88 Å². The van der Waals surface area contributed by atoms with Crippen LogP contribution in [0.25, 0.3) is 0 Å². The van der Waals surface area contributed by atoms with Crippen LogP contribution in [-0.2, 0) is 11.3 Å². The zero-order chi connectivity index (χ0) is 16.1. The number of nitro benzene ring substituents is 1. The van der Waals surface area contributed by atoms with Crippen molar-refractivity contribution in [1.29, 1.82) is 0 Å². The van der Waals surface area contributed by atoms with Crippen LogP contribution in [-0.4, -0.2) is 20.4 Å². The smallest absolute Gasteiger partial charge is 0.320 e. The first-order valence-corrected chi connectivity index (χ1v) is 6.30. The average molecular weight is 304 g/mol. The lowest BCUT2D eigenvalue weighted by atomic mass is 10.2. The third kappa shape index (κ3) is 3.66. The Morgan fingerprint density at radius 2 is 2.00 bits per heavy atom. The van der Waals surface area contributed by atoms with Crippen molar-refractivity contribution in [3.05, 3.63) is 67.5 Å². The van der Waals surface area contributed by atoms with Crippen molar-refractivity contribution < 1.29 is 9.72 Å². The Bertz CT molecular complexity index is 823. The highest BCUT2D eigenvalue weighted by atomic mass is 16.6. The van der Waals surface area contributed by atoms with Gasteiger partial charge >= 0.3 is 5.69 Å². The minimum atomic E-state index is -0.619. The van der Waals surface area contributed by atoms with E-state index in [0.29, 0.717) is 0 Å². The fraction of sp³-hybridized carbons (Fsp3) is 0.154.